The van der Waals surface area contributed by atoms with Gasteiger partial charge in [-0.25, -0.2) is 14.3 Å². The molecule has 10 nitrogen and oxygen atoms in total. The summed E-state index contributed by atoms with van der Waals surface area (Å²) in [7, 11) is -4.41. The molecule has 22 heavy (non-hydrogen) atoms. The zero-order chi connectivity index (χ0) is 16.8. The number of nitrogens with two attached hydrogens (primary N) is 4. The van der Waals surface area contributed by atoms with Crippen LogP contribution in [0.3, 0.4) is 0 Å². The van der Waals surface area contributed by atoms with Crippen LogP contribution in [0.1, 0.15) is 6.42 Å². The number of hydrogen-bond acceptors (Lipinski definition) is 6. The zero-order valence-corrected chi connectivity index (χ0v) is 14.5. The van der Waals surface area contributed by atoms with Gasteiger partial charge in [-0.2, -0.15) is 25.2 Å². The van der Waals surface area contributed by atoms with Gasteiger partial charge in [0.05, 0.1) is 5.70 Å². The molecule has 0 saturated heterocycles. The van der Waals surface area contributed by atoms with Crippen LogP contribution in [0.2, 0.25) is 0 Å². The topological polar surface area (TPSA) is 192 Å². The standard InChI is InChI=1S/C8H15N7O3S4/c9-6(15-22(12,17)18)1-2-19-3-5-4-21(20-16)8(13-5)14-7(10)11/h4H,1-3H2,(H2,9,15)(H2,12,17,18)(H4,10,11,13,14). The lowest BCUT2D eigenvalue weighted by Gasteiger charge is -2.00. The Hall–Kier alpha value is -1.22. The number of aliphatic imine (C=N–C) groups is 2. The summed E-state index contributed by atoms with van der Waals surface area (Å²) in [5.74, 6) is 0.818. The van der Waals surface area contributed by atoms with Gasteiger partial charge in [0.1, 0.15) is 16.1 Å². The average Bonchev–Trinajstić information content (AvgIpc) is 2.74. The maximum Gasteiger partial charge on any atom is 0.318 e. The predicted octanol–water partition coefficient (Wildman–Crippen LogP) is -2.10. The van der Waals surface area contributed by atoms with Gasteiger partial charge >= 0.3 is 10.2 Å². The lowest BCUT2D eigenvalue weighted by atomic mass is 10.5. The van der Waals surface area contributed by atoms with Crippen LogP contribution in [-0.4, -0.2) is 41.1 Å². The van der Waals surface area contributed by atoms with E-state index in [1.54, 1.807) is 5.41 Å². The highest BCUT2D eigenvalue weighted by Crippen LogP contribution is 2.18. The summed E-state index contributed by atoms with van der Waals surface area (Å²) in [6.45, 7) is 0. The molecule has 1 aliphatic heterocycles. The molecule has 14 heteroatoms. The summed E-state index contributed by atoms with van der Waals surface area (Å²) >= 11 is 1.45. The Morgan fingerprint density at radius 3 is 2.59 bits per heavy atom. The van der Waals surface area contributed by atoms with Gasteiger partial charge in [-0.15, -0.1) is 4.40 Å². The van der Waals surface area contributed by atoms with E-state index in [9.17, 15) is 12.6 Å². The van der Waals surface area contributed by atoms with Crippen molar-refractivity contribution in [2.75, 3.05) is 11.5 Å². The SMILES string of the molecule is NC(N)=NC1=NC(CSCC/C(N)=N/S(N)(=O)=O)=CS1=S=O. The van der Waals surface area contributed by atoms with E-state index in [4.69, 9.17) is 22.3 Å². The van der Waals surface area contributed by atoms with Crippen LogP contribution in [0.5, 0.6) is 0 Å². The van der Waals surface area contributed by atoms with Crippen LogP contribution in [0, 0.1) is 0 Å². The molecule has 0 radical (unpaired) electrons. The normalized spacial score (nSPS) is 18.6. The van der Waals surface area contributed by atoms with Crippen molar-refractivity contribution in [3.05, 3.63) is 11.1 Å². The molecule has 0 saturated carbocycles. The lowest BCUT2D eigenvalue weighted by molar-refractivity contribution is 0.599. The smallest absolute Gasteiger partial charge is 0.318 e. The highest BCUT2D eigenvalue weighted by Gasteiger charge is 2.14. The molecule has 0 spiro atoms. The fourth-order valence-corrected chi connectivity index (χ4v) is 4.46. The first-order chi connectivity index (χ1) is 10.2. The van der Waals surface area contributed by atoms with Crippen molar-refractivity contribution in [3.8, 4) is 0 Å². The van der Waals surface area contributed by atoms with Gasteiger partial charge in [-0.3, -0.25) is 0 Å². The third-order valence-corrected chi connectivity index (χ3v) is 5.79. The average molecular weight is 386 g/mol. The Labute approximate surface area is 137 Å². The molecule has 1 atom stereocenters. The Kier molecular flexibility index (Phi) is 7.21. The molecular weight excluding hydrogens is 370 g/mol. The number of nitrogens with zero attached hydrogens (tertiary/aromatic N) is 3. The Morgan fingerprint density at radius 1 is 1.36 bits per heavy atom. The molecule has 1 aliphatic rings. The van der Waals surface area contributed by atoms with E-state index in [1.807, 2.05) is 0 Å². The third-order valence-electron chi connectivity index (χ3n) is 1.96. The van der Waals surface area contributed by atoms with Gasteiger partial charge in [0.15, 0.2) is 5.96 Å². The Morgan fingerprint density at radius 2 is 2.05 bits per heavy atom. The van der Waals surface area contributed by atoms with Crippen LogP contribution < -0.4 is 22.3 Å². The van der Waals surface area contributed by atoms with Crippen molar-refractivity contribution in [1.82, 2.24) is 0 Å². The van der Waals surface area contributed by atoms with E-state index in [2.05, 4.69) is 14.4 Å². The van der Waals surface area contributed by atoms with Gasteiger partial charge in [0, 0.05) is 32.8 Å². The molecule has 0 aromatic rings. The second-order valence-corrected chi connectivity index (χ2v) is 8.94. The first kappa shape index (κ1) is 18.8. The predicted molar refractivity (Wildman–Crippen MR) is 93.5 cm³/mol. The van der Waals surface area contributed by atoms with Gasteiger partial charge in [-0.05, 0) is 0 Å². The zero-order valence-electron chi connectivity index (χ0n) is 11.2. The summed E-state index contributed by atoms with van der Waals surface area (Å²) in [4.78, 5) is 7.99. The molecule has 0 amide bonds. The second-order valence-electron chi connectivity index (χ2n) is 3.81. The van der Waals surface area contributed by atoms with E-state index in [0.717, 1.165) is 0 Å². The van der Waals surface area contributed by atoms with E-state index in [0.29, 0.717) is 32.6 Å². The summed E-state index contributed by atoms with van der Waals surface area (Å²) in [5.41, 5.74) is 16.6. The van der Waals surface area contributed by atoms with Crippen molar-refractivity contribution in [1.29, 1.82) is 0 Å². The molecule has 1 unspecified atom stereocenters. The maximum absolute atomic E-state index is 11.0. The highest BCUT2D eigenvalue weighted by atomic mass is 32.8. The number of rotatable bonds is 6. The van der Waals surface area contributed by atoms with Crippen LogP contribution in [0.25, 0.3) is 0 Å². The molecular formula is C8H15N7O3S4. The Bertz CT molecular complexity index is 714. The molecule has 1 rings (SSSR count). The second kappa shape index (κ2) is 8.42. The fourth-order valence-electron chi connectivity index (χ4n) is 1.23. The van der Waals surface area contributed by atoms with Crippen molar-refractivity contribution in [3.63, 3.8) is 0 Å². The molecule has 124 valence electrons. The molecule has 0 fully saturated rings. The van der Waals surface area contributed by atoms with Crippen LogP contribution in [0.15, 0.2) is 25.5 Å². The largest absolute Gasteiger partial charge is 0.386 e. The minimum Gasteiger partial charge on any atom is -0.386 e. The van der Waals surface area contributed by atoms with E-state index >= 15 is 0 Å². The molecule has 0 aromatic heterocycles. The minimum absolute atomic E-state index is 0.0602. The van der Waals surface area contributed by atoms with E-state index < -0.39 is 19.7 Å². The number of guanidine groups is 1. The first-order valence-electron chi connectivity index (χ1n) is 5.58. The molecule has 1 heterocycles. The molecule has 0 bridgehead atoms. The highest BCUT2D eigenvalue weighted by molar-refractivity contribution is 8.41. The lowest BCUT2D eigenvalue weighted by Crippen LogP contribution is -2.24. The summed E-state index contributed by atoms with van der Waals surface area (Å²) in [6, 6.07) is 0. The number of hydrogen-bond donors (Lipinski definition) is 4. The maximum atomic E-state index is 11.0. The molecule has 8 N–H and O–H groups in total. The summed E-state index contributed by atoms with van der Waals surface area (Å²) in [6.07, 6.45) is 0.265. The summed E-state index contributed by atoms with van der Waals surface area (Å²) < 4.78 is 35.5. The number of amidine groups is 2. The van der Waals surface area contributed by atoms with Crippen molar-refractivity contribution in [2.24, 2.45) is 36.7 Å². The van der Waals surface area contributed by atoms with E-state index in [1.165, 1.54) is 11.8 Å². The quantitative estimate of drug-likeness (QED) is 0.228. The van der Waals surface area contributed by atoms with Crippen LogP contribution in [0.4, 0.5) is 0 Å². The van der Waals surface area contributed by atoms with Crippen molar-refractivity contribution < 1.29 is 12.6 Å². The van der Waals surface area contributed by atoms with Crippen molar-refractivity contribution in [2.45, 2.75) is 6.42 Å². The third kappa shape index (κ3) is 7.17. The summed E-state index contributed by atoms with van der Waals surface area (Å²) in [5, 5.41) is 6.73. The van der Waals surface area contributed by atoms with Gasteiger partial charge in [0.2, 0.25) is 5.17 Å². The van der Waals surface area contributed by atoms with Gasteiger partial charge in [0.25, 0.3) is 0 Å². The monoisotopic (exact) mass is 385 g/mol. The van der Waals surface area contributed by atoms with Crippen molar-refractivity contribution >= 4 is 58.6 Å². The fraction of sp³-hybridized carbons (Fsp3) is 0.375. The Balaban J connectivity index is 2.53. The molecule has 0 aliphatic carbocycles. The van der Waals surface area contributed by atoms with E-state index in [-0.39, 0.29) is 18.2 Å². The van der Waals surface area contributed by atoms with Gasteiger partial charge < -0.3 is 17.2 Å². The number of thioether (sulfide) groups is 1. The minimum atomic E-state index is -3.96. The first-order valence-corrected chi connectivity index (χ1v) is 10.8. The van der Waals surface area contributed by atoms with Gasteiger partial charge in [-0.1, -0.05) is 0 Å². The van der Waals surface area contributed by atoms with Crippen LogP contribution >= 0.6 is 11.8 Å². The van der Waals surface area contributed by atoms with Crippen LogP contribution in [-0.2, 0) is 29.9 Å². The molecule has 0 aromatic carbocycles.